The van der Waals surface area contributed by atoms with Crippen molar-refractivity contribution in [1.29, 1.82) is 0 Å². The summed E-state index contributed by atoms with van der Waals surface area (Å²) >= 11 is 0. The first kappa shape index (κ1) is 61.3. The molecule has 0 aromatic heterocycles. The van der Waals surface area contributed by atoms with Crippen LogP contribution in [0.4, 0.5) is 0 Å². The Labute approximate surface area is 417 Å². The molecule has 1 fully saturated rings. The van der Waals surface area contributed by atoms with Crippen LogP contribution in [0, 0.1) is 23.2 Å². The third-order valence-electron chi connectivity index (χ3n) is 14.2. The topological polar surface area (TPSA) is 105 Å². The van der Waals surface area contributed by atoms with E-state index in [0.717, 1.165) is 38.5 Å². The van der Waals surface area contributed by atoms with E-state index in [4.69, 9.17) is 14.2 Å². The van der Waals surface area contributed by atoms with E-state index in [1.807, 2.05) is 13.8 Å². The molecule has 8 atom stereocenters. The summed E-state index contributed by atoms with van der Waals surface area (Å²) in [7, 11) is 0. The van der Waals surface area contributed by atoms with Crippen molar-refractivity contribution in [2.24, 2.45) is 23.2 Å². The van der Waals surface area contributed by atoms with Gasteiger partial charge in [-0.3, -0.25) is 4.79 Å². The molecular formula is C61H102O7. The minimum atomic E-state index is -1.48. The zero-order valence-electron chi connectivity index (χ0n) is 45.3. The number of allylic oxidation sites excluding steroid dienone is 16. The Morgan fingerprint density at radius 2 is 1.37 bits per heavy atom. The predicted octanol–water partition coefficient (Wildman–Crippen LogP) is 15.7. The minimum Gasteiger partial charge on any atom is -0.463 e. The third kappa shape index (κ3) is 27.0. The number of ether oxygens (including phenoxy) is 3. The number of carbonyl (C=O) groups is 1. The van der Waals surface area contributed by atoms with Gasteiger partial charge in [-0.1, -0.05) is 207 Å². The number of carbonyl (C=O) groups excluding carboxylic acids is 1. The number of aliphatic hydroxyl groups excluding tert-OH is 3. The van der Waals surface area contributed by atoms with Crippen LogP contribution < -0.4 is 0 Å². The molecule has 0 bridgehead atoms. The van der Waals surface area contributed by atoms with Crippen molar-refractivity contribution in [3.63, 3.8) is 0 Å². The largest absolute Gasteiger partial charge is 0.463 e. The van der Waals surface area contributed by atoms with Gasteiger partial charge in [-0.05, 0) is 117 Å². The second-order valence-corrected chi connectivity index (χ2v) is 22.0. The zero-order chi connectivity index (χ0) is 50.4. The molecule has 3 unspecified atom stereocenters. The second-order valence-electron chi connectivity index (χ2n) is 22.0. The van der Waals surface area contributed by atoms with Gasteiger partial charge in [0.05, 0.1) is 5.60 Å². The Kier molecular flexibility index (Phi) is 31.1. The van der Waals surface area contributed by atoms with E-state index in [2.05, 4.69) is 135 Å². The van der Waals surface area contributed by atoms with E-state index >= 15 is 0 Å². The lowest BCUT2D eigenvalue weighted by Crippen LogP contribution is -2.60. The Hall–Kier alpha value is -2.81. The average Bonchev–Trinajstić information content (AvgIpc) is 3.27. The fourth-order valence-corrected chi connectivity index (χ4v) is 9.39. The zero-order valence-corrected chi connectivity index (χ0v) is 45.3. The summed E-state index contributed by atoms with van der Waals surface area (Å²) in [5.74, 6) is 1.41. The van der Waals surface area contributed by atoms with Gasteiger partial charge < -0.3 is 29.5 Å². The number of esters is 1. The van der Waals surface area contributed by atoms with Crippen LogP contribution in [0.3, 0.4) is 0 Å². The highest BCUT2D eigenvalue weighted by molar-refractivity contribution is 5.69. The SMILES string of the molecule is CCCCCCCCCCCCCCC(=O)OC[C@H]1O[C@H](OC(C)(C)CCC/C(C)=C/C=C/C(C)=C/C/C=C(C)/C=C/C=C/C(C)CCCC(C)/C=C/C2C(C)=CCCC2(C)C)[C@H](O)[C@@H](O)[C@@H]1O. The van der Waals surface area contributed by atoms with E-state index in [1.165, 1.54) is 112 Å². The quantitative estimate of drug-likeness (QED) is 0.0255. The molecule has 0 aromatic carbocycles. The van der Waals surface area contributed by atoms with Gasteiger partial charge in [-0.2, -0.15) is 0 Å². The normalized spacial score (nSPS) is 24.1. The van der Waals surface area contributed by atoms with Gasteiger partial charge in [0.2, 0.25) is 0 Å². The number of hydrogen-bond donors (Lipinski definition) is 3. The Morgan fingerprint density at radius 1 is 0.779 bits per heavy atom. The number of rotatable bonds is 34. The average molecular weight is 947 g/mol. The van der Waals surface area contributed by atoms with Crippen LogP contribution >= 0.6 is 0 Å². The van der Waals surface area contributed by atoms with E-state index in [9.17, 15) is 20.1 Å². The van der Waals surface area contributed by atoms with E-state index in [-0.39, 0.29) is 12.6 Å². The van der Waals surface area contributed by atoms with Crippen LogP contribution in [0.15, 0.2) is 95.2 Å². The van der Waals surface area contributed by atoms with E-state index in [0.29, 0.717) is 36.0 Å². The smallest absolute Gasteiger partial charge is 0.305 e. The predicted molar refractivity (Wildman–Crippen MR) is 287 cm³/mol. The molecule has 7 nitrogen and oxygen atoms in total. The lowest BCUT2D eigenvalue weighted by Gasteiger charge is -2.42. The number of aliphatic hydroxyl groups is 3. The molecule has 0 saturated carbocycles. The summed E-state index contributed by atoms with van der Waals surface area (Å²) in [5, 5.41) is 32.0. The maximum absolute atomic E-state index is 12.5. The summed E-state index contributed by atoms with van der Waals surface area (Å²) < 4.78 is 17.5. The molecule has 1 aliphatic heterocycles. The number of unbranched alkanes of at least 4 members (excludes halogenated alkanes) is 11. The molecule has 3 N–H and O–H groups in total. The van der Waals surface area contributed by atoms with E-state index in [1.54, 1.807) is 0 Å². The fraction of sp³-hybridized carbons (Fsp3) is 0.721. The van der Waals surface area contributed by atoms with Crippen molar-refractivity contribution in [3.8, 4) is 0 Å². The molecule has 0 radical (unpaired) electrons. The first-order chi connectivity index (χ1) is 32.3. The molecule has 1 aliphatic carbocycles. The van der Waals surface area contributed by atoms with Crippen molar-refractivity contribution in [2.75, 3.05) is 6.61 Å². The number of hydrogen-bond acceptors (Lipinski definition) is 7. The maximum Gasteiger partial charge on any atom is 0.305 e. The molecule has 388 valence electrons. The summed E-state index contributed by atoms with van der Waals surface area (Å²) in [6, 6.07) is 0. The fourth-order valence-electron chi connectivity index (χ4n) is 9.39. The molecule has 2 aliphatic rings. The van der Waals surface area contributed by atoms with Gasteiger partial charge in [0.1, 0.15) is 31.0 Å². The van der Waals surface area contributed by atoms with Crippen molar-refractivity contribution in [1.82, 2.24) is 0 Å². The molecule has 68 heavy (non-hydrogen) atoms. The van der Waals surface area contributed by atoms with Crippen molar-refractivity contribution in [2.45, 2.75) is 254 Å². The minimum absolute atomic E-state index is 0.212. The molecule has 7 heteroatoms. The van der Waals surface area contributed by atoms with Gasteiger partial charge in [0.25, 0.3) is 0 Å². The molecule has 0 spiro atoms. The Morgan fingerprint density at radius 3 is 1.99 bits per heavy atom. The molecular weight excluding hydrogens is 845 g/mol. The van der Waals surface area contributed by atoms with Gasteiger partial charge in [0.15, 0.2) is 6.29 Å². The van der Waals surface area contributed by atoms with Crippen LogP contribution in [0.5, 0.6) is 0 Å². The van der Waals surface area contributed by atoms with Crippen LogP contribution in [0.1, 0.15) is 217 Å². The first-order valence-electron chi connectivity index (χ1n) is 27.3. The molecule has 1 saturated heterocycles. The summed E-state index contributed by atoms with van der Waals surface area (Å²) in [5.41, 5.74) is 4.94. The van der Waals surface area contributed by atoms with E-state index < -0.39 is 36.3 Å². The standard InChI is InChI=1S/C61H102O7/c1-12-13-14-15-16-17-18-19-20-21-22-23-41-55(62)66-46-54-56(63)57(64)58(65)59(67-54)68-61(10,11)45-29-39-50(5)37-27-36-49(4)35-26-33-47(2)31-24-25-32-48(3)34-28-38-51(6)42-43-53-52(7)40-30-44-60(53,8)9/h24-25,27,31-33,35-37,40,42-43,48,51,53-54,56-59,63-65H,12-23,26,28-30,34,38-39,41,44-46H2,1-11H3/b31-24+,32-25+,36-27+,43-42+,47-33+,49-35+,50-37+/t48?,51?,53?,54-,56-,57+,58-,59-/m1/s1. The molecule has 1 heterocycles. The van der Waals surface area contributed by atoms with Gasteiger partial charge in [-0.25, -0.2) is 0 Å². The van der Waals surface area contributed by atoms with Crippen LogP contribution in [0.25, 0.3) is 0 Å². The van der Waals surface area contributed by atoms with Crippen molar-refractivity contribution >= 4 is 5.97 Å². The highest BCUT2D eigenvalue weighted by atomic mass is 16.7. The lowest BCUT2D eigenvalue weighted by atomic mass is 9.68. The summed E-state index contributed by atoms with van der Waals surface area (Å²) in [6.07, 6.45) is 45.1. The van der Waals surface area contributed by atoms with Crippen LogP contribution in [-0.4, -0.2) is 64.2 Å². The summed E-state index contributed by atoms with van der Waals surface area (Å²) in [4.78, 5) is 12.5. The molecule has 2 rings (SSSR count). The Bertz CT molecular complexity index is 1640. The molecule has 0 amide bonds. The van der Waals surface area contributed by atoms with Crippen molar-refractivity contribution in [3.05, 3.63) is 95.2 Å². The third-order valence-corrected chi connectivity index (χ3v) is 14.2. The van der Waals surface area contributed by atoms with Gasteiger partial charge in [-0.15, -0.1) is 0 Å². The van der Waals surface area contributed by atoms with Gasteiger partial charge >= 0.3 is 5.97 Å². The Balaban J connectivity index is 1.66. The van der Waals surface area contributed by atoms with Crippen molar-refractivity contribution < 1.29 is 34.3 Å². The first-order valence-corrected chi connectivity index (χ1v) is 27.3. The summed E-state index contributed by atoms with van der Waals surface area (Å²) in [6.45, 7) is 24.1. The van der Waals surface area contributed by atoms with Crippen LogP contribution in [0.2, 0.25) is 0 Å². The second kappa shape index (κ2) is 34.5. The van der Waals surface area contributed by atoms with Gasteiger partial charge in [0, 0.05) is 12.3 Å². The monoisotopic (exact) mass is 947 g/mol. The van der Waals surface area contributed by atoms with Crippen LogP contribution in [-0.2, 0) is 19.0 Å². The molecule has 0 aromatic rings. The lowest BCUT2D eigenvalue weighted by molar-refractivity contribution is -0.324. The highest BCUT2D eigenvalue weighted by Gasteiger charge is 2.46. The maximum atomic E-state index is 12.5. The highest BCUT2D eigenvalue weighted by Crippen LogP contribution is 2.42.